The number of hydrogen-bond donors (Lipinski definition) is 0. The van der Waals surface area contributed by atoms with Crippen LogP contribution in [-0.4, -0.2) is 4.98 Å². The number of rotatable bonds is 3. The van der Waals surface area contributed by atoms with E-state index >= 15 is 0 Å². The normalized spacial score (nSPS) is 15.4. The average Bonchev–Trinajstić information content (AvgIpc) is 2.17. The van der Waals surface area contributed by atoms with E-state index < -0.39 is 0 Å². The van der Waals surface area contributed by atoms with Crippen molar-refractivity contribution >= 4 is 0 Å². The van der Waals surface area contributed by atoms with Crippen molar-refractivity contribution in [3.05, 3.63) is 29.6 Å². The van der Waals surface area contributed by atoms with Gasteiger partial charge in [0.25, 0.3) is 0 Å². The molecule has 2 atom stereocenters. The van der Waals surface area contributed by atoms with Crippen LogP contribution in [0.5, 0.6) is 0 Å². The first-order valence-electron chi connectivity index (χ1n) is 5.07. The van der Waals surface area contributed by atoms with Crippen LogP contribution in [0.25, 0.3) is 0 Å². The Bertz CT molecular complexity index is 250. The van der Waals surface area contributed by atoms with Gasteiger partial charge in [-0.2, -0.15) is 0 Å². The lowest BCUT2D eigenvalue weighted by Gasteiger charge is -2.17. The second-order valence-electron chi connectivity index (χ2n) is 3.93. The lowest BCUT2D eigenvalue weighted by atomic mass is 9.90. The molecule has 0 amide bonds. The van der Waals surface area contributed by atoms with E-state index in [1.165, 1.54) is 17.7 Å². The Morgan fingerprint density at radius 1 is 1.31 bits per heavy atom. The highest BCUT2D eigenvalue weighted by Gasteiger charge is 2.12. The van der Waals surface area contributed by atoms with Crippen LogP contribution in [0, 0.1) is 12.8 Å². The van der Waals surface area contributed by atoms with E-state index in [1.807, 2.05) is 6.20 Å². The molecule has 1 nitrogen and oxygen atoms in total. The third-order valence-corrected chi connectivity index (χ3v) is 2.90. The first-order chi connectivity index (χ1) is 6.15. The second kappa shape index (κ2) is 4.40. The number of aryl methyl sites for hydroxylation is 1. The fraction of sp³-hybridized carbons (Fsp3) is 0.583. The van der Waals surface area contributed by atoms with E-state index in [2.05, 4.69) is 44.8 Å². The van der Waals surface area contributed by atoms with Crippen molar-refractivity contribution in [1.82, 2.24) is 4.98 Å². The van der Waals surface area contributed by atoms with Crippen LogP contribution in [-0.2, 0) is 0 Å². The average molecular weight is 177 g/mol. The van der Waals surface area contributed by atoms with Crippen LogP contribution in [0.1, 0.15) is 44.4 Å². The summed E-state index contributed by atoms with van der Waals surface area (Å²) in [6, 6.07) is 4.29. The molecule has 1 aromatic rings. The van der Waals surface area contributed by atoms with Crippen molar-refractivity contribution in [1.29, 1.82) is 0 Å². The zero-order chi connectivity index (χ0) is 9.84. The standard InChI is InChI=1S/C12H19N/c1-5-10(3)11(4)12-7-6-9(2)8-13-12/h6-8,10-11H,5H2,1-4H3. The Morgan fingerprint density at radius 3 is 2.46 bits per heavy atom. The largest absolute Gasteiger partial charge is 0.261 e. The Hall–Kier alpha value is -0.850. The fourth-order valence-corrected chi connectivity index (χ4v) is 1.39. The minimum Gasteiger partial charge on any atom is -0.261 e. The van der Waals surface area contributed by atoms with Crippen LogP contribution in [0.2, 0.25) is 0 Å². The molecule has 1 heteroatoms. The third-order valence-electron chi connectivity index (χ3n) is 2.90. The summed E-state index contributed by atoms with van der Waals surface area (Å²) >= 11 is 0. The summed E-state index contributed by atoms with van der Waals surface area (Å²) in [6.07, 6.45) is 3.17. The van der Waals surface area contributed by atoms with E-state index in [9.17, 15) is 0 Å². The number of nitrogens with zero attached hydrogens (tertiary/aromatic N) is 1. The Balaban J connectivity index is 2.77. The highest BCUT2D eigenvalue weighted by atomic mass is 14.7. The predicted octanol–water partition coefficient (Wildman–Crippen LogP) is 3.54. The molecule has 13 heavy (non-hydrogen) atoms. The molecule has 0 N–H and O–H groups in total. The van der Waals surface area contributed by atoms with Gasteiger partial charge in [0.05, 0.1) is 0 Å². The highest BCUT2D eigenvalue weighted by Crippen LogP contribution is 2.24. The molecular formula is C12H19N. The van der Waals surface area contributed by atoms with Crippen molar-refractivity contribution in [3.8, 4) is 0 Å². The summed E-state index contributed by atoms with van der Waals surface area (Å²) in [7, 11) is 0. The monoisotopic (exact) mass is 177 g/mol. The van der Waals surface area contributed by atoms with E-state index in [0.717, 1.165) is 5.92 Å². The molecular weight excluding hydrogens is 158 g/mol. The van der Waals surface area contributed by atoms with E-state index in [0.29, 0.717) is 5.92 Å². The van der Waals surface area contributed by atoms with E-state index in [1.54, 1.807) is 0 Å². The molecule has 0 radical (unpaired) electrons. The van der Waals surface area contributed by atoms with Gasteiger partial charge in [-0.15, -0.1) is 0 Å². The van der Waals surface area contributed by atoms with Gasteiger partial charge in [0.15, 0.2) is 0 Å². The lowest BCUT2D eigenvalue weighted by Crippen LogP contribution is -2.06. The molecule has 0 bridgehead atoms. The Labute approximate surface area is 81.2 Å². The molecule has 0 fully saturated rings. The zero-order valence-corrected chi connectivity index (χ0v) is 9.04. The summed E-state index contributed by atoms with van der Waals surface area (Å²) in [4.78, 5) is 4.45. The Morgan fingerprint density at radius 2 is 2.00 bits per heavy atom. The quantitative estimate of drug-likeness (QED) is 0.688. The van der Waals surface area contributed by atoms with Gasteiger partial charge in [-0.25, -0.2) is 0 Å². The van der Waals surface area contributed by atoms with Gasteiger partial charge >= 0.3 is 0 Å². The summed E-state index contributed by atoms with van der Waals surface area (Å²) in [5.41, 5.74) is 2.46. The SMILES string of the molecule is CCC(C)C(C)c1ccc(C)cn1. The molecule has 0 saturated carbocycles. The maximum Gasteiger partial charge on any atom is 0.0434 e. The molecule has 2 unspecified atom stereocenters. The molecule has 0 aromatic carbocycles. The van der Waals surface area contributed by atoms with Crippen molar-refractivity contribution in [2.45, 2.75) is 40.0 Å². The van der Waals surface area contributed by atoms with E-state index in [4.69, 9.17) is 0 Å². The topological polar surface area (TPSA) is 12.9 Å². The molecule has 0 aliphatic heterocycles. The Kier molecular flexibility index (Phi) is 3.47. The molecule has 1 aromatic heterocycles. The molecule has 1 rings (SSSR count). The van der Waals surface area contributed by atoms with Crippen molar-refractivity contribution in [2.75, 3.05) is 0 Å². The third kappa shape index (κ3) is 2.55. The first kappa shape index (κ1) is 10.2. The maximum absolute atomic E-state index is 4.45. The summed E-state index contributed by atoms with van der Waals surface area (Å²) in [5.74, 6) is 1.29. The smallest absolute Gasteiger partial charge is 0.0434 e. The minimum absolute atomic E-state index is 0.575. The van der Waals surface area contributed by atoms with Crippen LogP contribution < -0.4 is 0 Å². The van der Waals surface area contributed by atoms with Crippen molar-refractivity contribution in [2.24, 2.45) is 5.92 Å². The predicted molar refractivity (Wildman–Crippen MR) is 56.8 cm³/mol. The van der Waals surface area contributed by atoms with Crippen molar-refractivity contribution in [3.63, 3.8) is 0 Å². The lowest BCUT2D eigenvalue weighted by molar-refractivity contribution is 0.465. The zero-order valence-electron chi connectivity index (χ0n) is 9.04. The molecule has 0 aliphatic carbocycles. The summed E-state index contributed by atoms with van der Waals surface area (Å²) in [5, 5.41) is 0. The van der Waals surface area contributed by atoms with Crippen LogP contribution in [0.4, 0.5) is 0 Å². The van der Waals surface area contributed by atoms with Crippen LogP contribution in [0.3, 0.4) is 0 Å². The van der Waals surface area contributed by atoms with Gasteiger partial charge in [-0.05, 0) is 24.5 Å². The molecule has 0 saturated heterocycles. The van der Waals surface area contributed by atoms with Gasteiger partial charge in [0, 0.05) is 17.8 Å². The van der Waals surface area contributed by atoms with Gasteiger partial charge in [0.1, 0.15) is 0 Å². The highest BCUT2D eigenvalue weighted by molar-refractivity contribution is 5.15. The molecule has 1 heterocycles. The minimum atomic E-state index is 0.575. The number of hydrogen-bond acceptors (Lipinski definition) is 1. The fourth-order valence-electron chi connectivity index (χ4n) is 1.39. The van der Waals surface area contributed by atoms with Crippen LogP contribution >= 0.6 is 0 Å². The number of aromatic nitrogens is 1. The van der Waals surface area contributed by atoms with Gasteiger partial charge < -0.3 is 0 Å². The van der Waals surface area contributed by atoms with Gasteiger partial charge in [0.2, 0.25) is 0 Å². The summed E-state index contributed by atoms with van der Waals surface area (Å²) < 4.78 is 0. The first-order valence-corrected chi connectivity index (χ1v) is 5.07. The van der Waals surface area contributed by atoms with E-state index in [-0.39, 0.29) is 0 Å². The van der Waals surface area contributed by atoms with Crippen LogP contribution in [0.15, 0.2) is 18.3 Å². The molecule has 0 aliphatic rings. The molecule has 72 valence electrons. The molecule has 0 spiro atoms. The van der Waals surface area contributed by atoms with Gasteiger partial charge in [-0.3, -0.25) is 4.98 Å². The summed E-state index contributed by atoms with van der Waals surface area (Å²) in [6.45, 7) is 8.85. The number of pyridine rings is 1. The second-order valence-corrected chi connectivity index (χ2v) is 3.93. The van der Waals surface area contributed by atoms with Gasteiger partial charge in [-0.1, -0.05) is 33.3 Å². The van der Waals surface area contributed by atoms with Crippen molar-refractivity contribution < 1.29 is 0 Å². The maximum atomic E-state index is 4.45.